The lowest BCUT2D eigenvalue weighted by molar-refractivity contribution is -0.185. The van der Waals surface area contributed by atoms with Gasteiger partial charge in [0.2, 0.25) is 0 Å². The number of carbonyl (C=O) groups excluding carboxylic acids is 8. The molecule has 14 rings (SSSR count). The van der Waals surface area contributed by atoms with E-state index in [2.05, 4.69) is 0 Å². The molecule has 6 heterocycles. The quantitative estimate of drug-likeness (QED) is 0.0255. The summed E-state index contributed by atoms with van der Waals surface area (Å²) in [5.41, 5.74) is 7.89. The maximum atomic E-state index is 15.5. The molecule has 18 nitrogen and oxygen atoms in total. The largest absolute Gasteiger partial charge is 0.457 e. The van der Waals surface area contributed by atoms with E-state index < -0.39 is 58.2 Å². The molecule has 22 heteroatoms. The molecule has 2 aliphatic carbocycles. The molecule has 6 aromatic carbocycles. The summed E-state index contributed by atoms with van der Waals surface area (Å²) in [5.74, 6) is -7.72. The molecular formula is C70H40N4O14S4. The third-order valence-electron chi connectivity index (χ3n) is 15.8. The van der Waals surface area contributed by atoms with Crippen molar-refractivity contribution >= 4 is 125 Å². The van der Waals surface area contributed by atoms with Crippen LogP contribution in [0.4, 0.5) is 11.4 Å². The van der Waals surface area contributed by atoms with E-state index in [-0.39, 0.29) is 134 Å². The van der Waals surface area contributed by atoms with Gasteiger partial charge in [0, 0.05) is 43.1 Å². The van der Waals surface area contributed by atoms with E-state index in [9.17, 15) is 29.7 Å². The fourth-order valence-corrected chi connectivity index (χ4v) is 16.4. The van der Waals surface area contributed by atoms with Gasteiger partial charge in [0.25, 0.3) is 0 Å². The lowest BCUT2D eigenvalue weighted by atomic mass is 9.90. The summed E-state index contributed by atoms with van der Waals surface area (Å²) in [6.45, 7) is -1.35. The molecule has 0 saturated carbocycles. The van der Waals surface area contributed by atoms with Gasteiger partial charge in [0.15, 0.2) is 34.6 Å². The number of ketones is 4. The summed E-state index contributed by atoms with van der Waals surface area (Å²) in [4.78, 5) is 120. The number of anilines is 2. The molecule has 10 aromatic rings. The van der Waals surface area contributed by atoms with Crippen molar-refractivity contribution in [2.75, 3.05) is 11.5 Å². The van der Waals surface area contributed by atoms with Crippen molar-refractivity contribution < 1.29 is 66.8 Å². The molecule has 0 amide bonds. The van der Waals surface area contributed by atoms with Crippen molar-refractivity contribution in [1.29, 1.82) is 10.5 Å². The first-order valence-corrected chi connectivity index (χ1v) is 31.3. The number of Topliss-reactive ketones (excluding diaryl/α,β-unsaturated/α-hetero) is 4. The third-order valence-corrected chi connectivity index (χ3v) is 20.7. The first-order valence-electron chi connectivity index (χ1n) is 28.0. The Kier molecular flexibility index (Phi) is 14.5. The number of hydrogen-bond donors (Lipinski definition) is 2. The van der Waals surface area contributed by atoms with Gasteiger partial charge in [0.05, 0.1) is 62.6 Å². The van der Waals surface area contributed by atoms with Crippen LogP contribution in [0.2, 0.25) is 0 Å². The number of allylic oxidation sites excluding steroid dienone is 2. The minimum atomic E-state index is -2.80. The molecule has 0 bridgehead atoms. The molecule has 0 atom stereocenters. The number of ether oxygens (including phenoxy) is 6. The molecule has 4 aliphatic rings. The van der Waals surface area contributed by atoms with Crippen LogP contribution in [0.3, 0.4) is 0 Å². The second kappa shape index (κ2) is 22.9. The third kappa shape index (κ3) is 9.55. The van der Waals surface area contributed by atoms with E-state index in [1.807, 2.05) is 12.1 Å². The number of esters is 4. The molecule has 448 valence electrons. The van der Waals surface area contributed by atoms with Crippen LogP contribution in [0.15, 0.2) is 169 Å². The Labute approximate surface area is 536 Å². The Morgan fingerprint density at radius 2 is 0.717 bits per heavy atom. The molecule has 0 fully saturated rings. The summed E-state index contributed by atoms with van der Waals surface area (Å²) in [5, 5.41) is 19.6. The second-order valence-electron chi connectivity index (χ2n) is 21.4. The summed E-state index contributed by atoms with van der Waals surface area (Å²) < 4.78 is 38.8. The van der Waals surface area contributed by atoms with E-state index in [0.717, 1.165) is 45.3 Å². The summed E-state index contributed by atoms with van der Waals surface area (Å²) in [6, 6.07) is 46.4. The van der Waals surface area contributed by atoms with E-state index >= 15 is 19.2 Å². The molecule has 4 N–H and O–H groups in total. The maximum Gasteiger partial charge on any atom is 0.367 e. The SMILES string of the molecule is N#Cc1cc2c(cc1C#N)C(=O)C(=Cc1cc3c(s1)-c1sc4c5c(sc4c1OC3(C(=O)OCc1ccccc1)C(=O)OCc1ccccc1)-c1sc(C=C3C(=O)c4cc(N)c(N)cc4C3=O)cc1C(C(=O)OCc1ccccc1)(C(=O)OCc1ccccc1)O5)C2=O. The maximum absolute atomic E-state index is 15.5. The van der Waals surface area contributed by atoms with Crippen LogP contribution in [-0.4, -0.2) is 47.0 Å². The standard InChI is InChI=1S/C70H40N4O14S4/c71-29-39-21-43-44(22-40(39)30-72)54(76)47(53(43)75)23-41-25-49-59(89-41)61-57(87-69(49,65(79)83-31-35-13-5-1-6-14-35)66(80)84-32-36-15-7-2-8-16-36)63-64(91-61)58-62(92-63)60-50(26-42(90-60)24-48-55(77)45-27-51(73)52(74)28-46(45)56(48)78)70(88-58,67(81)85-33-37-17-9-3-10-18-37)68(82)86-34-38-19-11-4-12-20-38/h1-28H,31-34,73-74H2. The van der Waals surface area contributed by atoms with Crippen LogP contribution in [0, 0.1) is 22.7 Å². The Morgan fingerprint density at radius 3 is 1.01 bits per heavy atom. The molecule has 0 spiro atoms. The lowest BCUT2D eigenvalue weighted by Crippen LogP contribution is -2.52. The minimum absolute atomic E-state index is 0.0319. The zero-order chi connectivity index (χ0) is 63.7. The molecule has 0 radical (unpaired) electrons. The molecule has 2 aliphatic heterocycles. The number of hydrogen-bond acceptors (Lipinski definition) is 22. The smallest absolute Gasteiger partial charge is 0.367 e. The second-order valence-corrected chi connectivity index (χ2v) is 25.6. The number of carbonyl (C=O) groups is 8. The highest BCUT2D eigenvalue weighted by molar-refractivity contribution is 7.35. The number of rotatable bonds is 14. The van der Waals surface area contributed by atoms with Crippen LogP contribution < -0.4 is 20.9 Å². The number of thiophene rings is 4. The number of nitrogen functional groups attached to an aromatic ring is 2. The number of fused-ring (bicyclic) bond motifs is 11. The Bertz CT molecular complexity index is 4840. The molecule has 0 saturated heterocycles. The number of nitrogens with zero attached hydrogens (tertiary/aromatic N) is 2. The predicted molar refractivity (Wildman–Crippen MR) is 340 cm³/mol. The van der Waals surface area contributed by atoms with Crippen molar-refractivity contribution in [3.8, 4) is 43.1 Å². The molecular weight excluding hydrogens is 1250 g/mol. The van der Waals surface area contributed by atoms with Gasteiger partial charge in [-0.1, -0.05) is 121 Å². The van der Waals surface area contributed by atoms with E-state index in [0.29, 0.717) is 32.0 Å². The van der Waals surface area contributed by atoms with Crippen LogP contribution in [0.1, 0.15) is 95.7 Å². The highest BCUT2D eigenvalue weighted by Crippen LogP contribution is 2.65. The minimum Gasteiger partial charge on any atom is -0.457 e. The summed E-state index contributed by atoms with van der Waals surface area (Å²) in [7, 11) is 0. The average molecular weight is 1290 g/mol. The first-order chi connectivity index (χ1) is 44.6. The number of nitrogens with two attached hydrogens (primary N) is 2. The van der Waals surface area contributed by atoms with Crippen molar-refractivity contribution in [1.82, 2.24) is 0 Å². The van der Waals surface area contributed by atoms with Crippen LogP contribution in [0.25, 0.3) is 41.1 Å². The Balaban J connectivity index is 0.973. The Hall–Kier alpha value is -11.4. The van der Waals surface area contributed by atoms with Gasteiger partial charge in [-0.2, -0.15) is 10.5 Å². The first kappa shape index (κ1) is 58.3. The molecule has 92 heavy (non-hydrogen) atoms. The zero-order valence-corrected chi connectivity index (χ0v) is 50.7. The van der Waals surface area contributed by atoms with Crippen molar-refractivity contribution in [3.63, 3.8) is 0 Å². The van der Waals surface area contributed by atoms with Crippen LogP contribution in [-0.2, 0) is 75.8 Å². The molecule has 4 aromatic heterocycles. The number of nitriles is 2. The van der Waals surface area contributed by atoms with Crippen LogP contribution >= 0.6 is 45.3 Å². The van der Waals surface area contributed by atoms with Crippen molar-refractivity contribution in [2.24, 2.45) is 0 Å². The van der Waals surface area contributed by atoms with E-state index in [1.165, 1.54) is 48.6 Å². The topological polar surface area (TPSA) is 292 Å². The van der Waals surface area contributed by atoms with Gasteiger partial charge in [-0.3, -0.25) is 19.2 Å². The highest BCUT2D eigenvalue weighted by Gasteiger charge is 2.62. The Morgan fingerprint density at radius 1 is 0.424 bits per heavy atom. The zero-order valence-electron chi connectivity index (χ0n) is 47.4. The van der Waals surface area contributed by atoms with Crippen molar-refractivity contribution in [3.05, 3.63) is 245 Å². The van der Waals surface area contributed by atoms with E-state index in [1.54, 1.807) is 121 Å². The van der Waals surface area contributed by atoms with Gasteiger partial charge in [-0.15, -0.1) is 45.3 Å². The normalized spacial score (nSPS) is 14.2. The van der Waals surface area contributed by atoms with Gasteiger partial charge < -0.3 is 39.9 Å². The van der Waals surface area contributed by atoms with E-state index in [4.69, 9.17) is 39.9 Å². The average Bonchev–Trinajstić information content (AvgIpc) is 1.51. The number of benzene rings is 6. The predicted octanol–water partition coefficient (Wildman–Crippen LogP) is 12.4. The van der Waals surface area contributed by atoms with Gasteiger partial charge in [-0.05, 0) is 70.8 Å². The van der Waals surface area contributed by atoms with Gasteiger partial charge in [-0.25, -0.2) is 19.2 Å². The fourth-order valence-electron chi connectivity index (χ4n) is 11.2. The highest BCUT2D eigenvalue weighted by atomic mass is 32.1. The molecule has 0 unspecified atom stereocenters. The van der Waals surface area contributed by atoms with Gasteiger partial charge in [0.1, 0.15) is 38.6 Å². The summed E-state index contributed by atoms with van der Waals surface area (Å²) in [6.07, 6.45) is 2.63. The van der Waals surface area contributed by atoms with Crippen molar-refractivity contribution in [2.45, 2.75) is 37.6 Å². The monoisotopic (exact) mass is 1290 g/mol. The van der Waals surface area contributed by atoms with Gasteiger partial charge >= 0.3 is 35.1 Å². The lowest BCUT2D eigenvalue weighted by Gasteiger charge is -2.33. The summed E-state index contributed by atoms with van der Waals surface area (Å²) >= 11 is 4.08. The van der Waals surface area contributed by atoms with Crippen LogP contribution in [0.5, 0.6) is 11.5 Å². The fraction of sp³-hybridized carbons (Fsp3) is 0.0857.